The molecule has 1 aliphatic rings. The fourth-order valence-corrected chi connectivity index (χ4v) is 6.53. The SMILES string of the molecule is C(=Cc1ccccc1)c1ccccc1.CCCCCCCCCCCCc1ccccc1-c1cccc2c1Cc1ccccc1-2. The highest BCUT2D eigenvalue weighted by molar-refractivity contribution is 5.85. The third-order valence-electron chi connectivity index (χ3n) is 9.03. The molecule has 45 heavy (non-hydrogen) atoms. The first-order valence-electron chi connectivity index (χ1n) is 17.4. The van der Waals surface area contributed by atoms with Crippen LogP contribution in [0.15, 0.2) is 127 Å². The molecule has 6 rings (SSSR count). The number of fused-ring (bicyclic) bond motifs is 3. The summed E-state index contributed by atoms with van der Waals surface area (Å²) in [6.07, 6.45) is 20.5. The molecule has 0 radical (unpaired) electrons. The van der Waals surface area contributed by atoms with Crippen molar-refractivity contribution in [2.45, 2.75) is 84.0 Å². The molecule has 1 aliphatic carbocycles. The van der Waals surface area contributed by atoms with Crippen LogP contribution in [0.25, 0.3) is 34.4 Å². The Bertz CT molecular complexity index is 1550. The van der Waals surface area contributed by atoms with E-state index in [4.69, 9.17) is 0 Å². The summed E-state index contributed by atoms with van der Waals surface area (Å²) in [5.41, 5.74) is 12.7. The van der Waals surface area contributed by atoms with Gasteiger partial charge < -0.3 is 0 Å². The van der Waals surface area contributed by atoms with Crippen LogP contribution in [0.3, 0.4) is 0 Å². The first kappa shape index (κ1) is 32.2. The fraction of sp³-hybridized carbons (Fsp3) is 0.289. The lowest BCUT2D eigenvalue weighted by Gasteiger charge is -2.14. The molecule has 0 atom stereocenters. The normalized spacial score (nSPS) is 11.6. The predicted octanol–water partition coefficient (Wildman–Crippen LogP) is 13.2. The lowest BCUT2D eigenvalue weighted by atomic mass is 9.90. The van der Waals surface area contributed by atoms with Gasteiger partial charge in [-0.2, -0.15) is 0 Å². The van der Waals surface area contributed by atoms with Gasteiger partial charge in [-0.25, -0.2) is 0 Å². The van der Waals surface area contributed by atoms with Crippen molar-refractivity contribution in [2.75, 3.05) is 0 Å². The Morgan fingerprint density at radius 1 is 0.422 bits per heavy atom. The van der Waals surface area contributed by atoms with Crippen LogP contribution in [-0.4, -0.2) is 0 Å². The van der Waals surface area contributed by atoms with E-state index in [1.54, 1.807) is 0 Å². The van der Waals surface area contributed by atoms with Crippen molar-refractivity contribution in [2.24, 2.45) is 0 Å². The molecule has 0 saturated carbocycles. The van der Waals surface area contributed by atoms with E-state index in [2.05, 4.69) is 110 Å². The van der Waals surface area contributed by atoms with Gasteiger partial charge in [0.25, 0.3) is 0 Å². The topological polar surface area (TPSA) is 0 Å². The smallest absolute Gasteiger partial charge is 0.000728 e. The molecule has 230 valence electrons. The molecule has 0 aliphatic heterocycles. The van der Waals surface area contributed by atoms with Crippen LogP contribution in [0.1, 0.15) is 98.9 Å². The summed E-state index contributed by atoms with van der Waals surface area (Å²) in [7, 11) is 0. The van der Waals surface area contributed by atoms with Crippen LogP contribution < -0.4 is 0 Å². The maximum atomic E-state index is 2.35. The summed E-state index contributed by atoms with van der Waals surface area (Å²) in [5.74, 6) is 0. The molecule has 0 heterocycles. The summed E-state index contributed by atoms with van der Waals surface area (Å²) < 4.78 is 0. The highest BCUT2D eigenvalue weighted by Crippen LogP contribution is 2.42. The van der Waals surface area contributed by atoms with Crippen LogP contribution in [0.5, 0.6) is 0 Å². The summed E-state index contributed by atoms with van der Waals surface area (Å²) >= 11 is 0. The Morgan fingerprint density at radius 2 is 0.889 bits per heavy atom. The summed E-state index contributed by atoms with van der Waals surface area (Å²) in [5, 5.41) is 0. The molecule has 0 N–H and O–H groups in total. The van der Waals surface area contributed by atoms with Gasteiger partial charge in [0, 0.05) is 0 Å². The Morgan fingerprint density at radius 3 is 1.51 bits per heavy atom. The van der Waals surface area contributed by atoms with Gasteiger partial charge in [0.05, 0.1) is 0 Å². The van der Waals surface area contributed by atoms with Gasteiger partial charge in [0.2, 0.25) is 0 Å². The minimum atomic E-state index is 1.06. The Hall–Kier alpha value is -4.16. The number of hydrogen-bond donors (Lipinski definition) is 0. The van der Waals surface area contributed by atoms with Gasteiger partial charge in [-0.05, 0) is 69.3 Å². The van der Waals surface area contributed by atoms with E-state index in [0.717, 1.165) is 6.42 Å². The van der Waals surface area contributed by atoms with E-state index in [-0.39, 0.29) is 0 Å². The zero-order chi connectivity index (χ0) is 30.9. The molecule has 0 heteroatoms. The second kappa shape index (κ2) is 18.0. The molecule has 5 aromatic rings. The monoisotopic (exact) mass is 590 g/mol. The van der Waals surface area contributed by atoms with Gasteiger partial charge in [0.1, 0.15) is 0 Å². The maximum absolute atomic E-state index is 2.35. The molecule has 0 bridgehead atoms. The molecule has 0 saturated heterocycles. The molecule has 0 spiro atoms. The highest BCUT2D eigenvalue weighted by Gasteiger charge is 2.21. The molecular weight excluding hydrogens is 540 g/mol. The average molecular weight is 591 g/mol. The van der Waals surface area contributed by atoms with Crippen LogP contribution in [-0.2, 0) is 12.8 Å². The van der Waals surface area contributed by atoms with Crippen molar-refractivity contribution in [3.63, 3.8) is 0 Å². The Labute approximate surface area is 272 Å². The third kappa shape index (κ3) is 9.66. The first-order chi connectivity index (χ1) is 22.3. The van der Waals surface area contributed by atoms with Crippen LogP contribution in [0, 0.1) is 0 Å². The number of unbranched alkanes of at least 4 members (excludes halogenated alkanes) is 9. The zero-order valence-electron chi connectivity index (χ0n) is 27.3. The third-order valence-corrected chi connectivity index (χ3v) is 9.03. The minimum absolute atomic E-state index is 1.06. The van der Waals surface area contributed by atoms with Crippen molar-refractivity contribution in [3.05, 3.63) is 155 Å². The molecule has 0 fully saturated rings. The van der Waals surface area contributed by atoms with Crippen LogP contribution >= 0.6 is 0 Å². The Kier molecular flexibility index (Phi) is 12.9. The van der Waals surface area contributed by atoms with Gasteiger partial charge >= 0.3 is 0 Å². The van der Waals surface area contributed by atoms with Gasteiger partial charge in [-0.1, -0.05) is 204 Å². The summed E-state index contributed by atoms with van der Waals surface area (Å²) in [6, 6.07) is 45.5. The van der Waals surface area contributed by atoms with E-state index >= 15 is 0 Å². The summed E-state index contributed by atoms with van der Waals surface area (Å²) in [6.45, 7) is 2.29. The number of aryl methyl sites for hydroxylation is 1. The standard InChI is InChI=1S/C31H38.C14H12/c1-2-3-4-5-6-7-8-9-10-11-17-25-18-12-14-20-27(25)29-22-16-23-30-28-21-15-13-19-26(28)24-31(29)30;1-3-7-13(8-4-1)11-12-14-9-5-2-6-10-14/h12-16,18-23H,2-11,17,24H2,1H3;1-12H. The highest BCUT2D eigenvalue weighted by atomic mass is 14.2. The Balaban J connectivity index is 0.000000238. The van der Waals surface area contributed by atoms with Gasteiger partial charge in [-0.3, -0.25) is 0 Å². The first-order valence-corrected chi connectivity index (χ1v) is 17.4. The molecule has 0 amide bonds. The molecular formula is C45H50. The van der Waals surface area contributed by atoms with Crippen molar-refractivity contribution in [3.8, 4) is 22.3 Å². The minimum Gasteiger partial charge on any atom is -0.0654 e. The van der Waals surface area contributed by atoms with E-state index in [0.29, 0.717) is 0 Å². The molecule has 5 aromatic carbocycles. The van der Waals surface area contributed by atoms with Crippen molar-refractivity contribution < 1.29 is 0 Å². The fourth-order valence-electron chi connectivity index (χ4n) is 6.53. The van der Waals surface area contributed by atoms with Crippen molar-refractivity contribution in [1.82, 2.24) is 0 Å². The van der Waals surface area contributed by atoms with E-state index in [9.17, 15) is 0 Å². The van der Waals surface area contributed by atoms with Crippen LogP contribution in [0.2, 0.25) is 0 Å². The molecule has 0 aromatic heterocycles. The number of hydrogen-bond acceptors (Lipinski definition) is 0. The maximum Gasteiger partial charge on any atom is -0.000728 e. The number of rotatable bonds is 14. The predicted molar refractivity (Wildman–Crippen MR) is 197 cm³/mol. The largest absolute Gasteiger partial charge is 0.0654 e. The molecule has 0 nitrogen and oxygen atoms in total. The second-order valence-electron chi connectivity index (χ2n) is 12.4. The number of benzene rings is 5. The van der Waals surface area contributed by atoms with E-state index in [1.807, 2.05) is 36.4 Å². The molecule has 0 unspecified atom stereocenters. The summed E-state index contributed by atoms with van der Waals surface area (Å²) in [4.78, 5) is 0. The lowest BCUT2D eigenvalue weighted by molar-refractivity contribution is 0.556. The van der Waals surface area contributed by atoms with E-state index in [1.165, 1.54) is 121 Å². The van der Waals surface area contributed by atoms with E-state index < -0.39 is 0 Å². The lowest BCUT2D eigenvalue weighted by Crippen LogP contribution is -1.94. The van der Waals surface area contributed by atoms with Gasteiger partial charge in [-0.15, -0.1) is 0 Å². The van der Waals surface area contributed by atoms with Crippen molar-refractivity contribution in [1.29, 1.82) is 0 Å². The van der Waals surface area contributed by atoms with Crippen molar-refractivity contribution >= 4 is 12.2 Å². The zero-order valence-corrected chi connectivity index (χ0v) is 27.3. The van der Waals surface area contributed by atoms with Crippen LogP contribution in [0.4, 0.5) is 0 Å². The quantitative estimate of drug-likeness (QED) is 0.0874. The van der Waals surface area contributed by atoms with Gasteiger partial charge in [0.15, 0.2) is 0 Å². The average Bonchev–Trinajstić information content (AvgIpc) is 3.49. The second-order valence-corrected chi connectivity index (χ2v) is 12.4.